The third-order valence-electron chi connectivity index (χ3n) is 2.84. The van der Waals surface area contributed by atoms with Gasteiger partial charge < -0.3 is 14.6 Å². The molecule has 1 aliphatic rings. The fraction of sp³-hybridized carbons (Fsp3) is 0.545. The Morgan fingerprint density at radius 1 is 1.73 bits per heavy atom. The lowest BCUT2D eigenvalue weighted by Gasteiger charge is -2.26. The van der Waals surface area contributed by atoms with Gasteiger partial charge in [-0.15, -0.1) is 0 Å². The zero-order chi connectivity index (χ0) is 10.7. The molecule has 4 heteroatoms. The second-order valence-electron chi connectivity index (χ2n) is 3.75. The largest absolute Gasteiger partial charge is 0.472 e. The predicted octanol–water partition coefficient (Wildman–Crippen LogP) is 1.10. The van der Waals surface area contributed by atoms with E-state index in [9.17, 15) is 4.79 Å². The summed E-state index contributed by atoms with van der Waals surface area (Å²) in [6.07, 6.45) is 4.08. The summed E-state index contributed by atoms with van der Waals surface area (Å²) in [5.41, 5.74) is 0.642. The summed E-state index contributed by atoms with van der Waals surface area (Å²) in [4.78, 5) is 14.0. The Balaban J connectivity index is 2.09. The highest BCUT2D eigenvalue weighted by molar-refractivity contribution is 5.94. The van der Waals surface area contributed by atoms with Gasteiger partial charge in [-0.3, -0.25) is 4.79 Å². The topological polar surface area (TPSA) is 45.5 Å². The number of hydrogen-bond donors (Lipinski definition) is 1. The first-order valence-corrected chi connectivity index (χ1v) is 5.36. The average Bonchev–Trinajstić information content (AvgIpc) is 2.91. The Labute approximate surface area is 89.2 Å². The van der Waals surface area contributed by atoms with Crippen molar-refractivity contribution in [3.8, 4) is 0 Å². The van der Waals surface area contributed by atoms with Gasteiger partial charge in [0.25, 0.3) is 5.91 Å². The van der Waals surface area contributed by atoms with E-state index in [-0.39, 0.29) is 5.91 Å². The summed E-state index contributed by atoms with van der Waals surface area (Å²) < 4.78 is 4.93. The molecule has 0 radical (unpaired) electrons. The first kappa shape index (κ1) is 10.2. The van der Waals surface area contributed by atoms with Crippen molar-refractivity contribution in [1.29, 1.82) is 0 Å². The zero-order valence-corrected chi connectivity index (χ0v) is 8.90. The predicted molar refractivity (Wildman–Crippen MR) is 56.7 cm³/mol. The Hall–Kier alpha value is -1.29. The van der Waals surface area contributed by atoms with E-state index in [0.717, 1.165) is 26.1 Å². The molecule has 0 aromatic carbocycles. The molecule has 0 spiro atoms. The SMILES string of the molecule is CCN(C(=O)c1ccoc1)C1CCNC1. The maximum atomic E-state index is 12.1. The lowest BCUT2D eigenvalue weighted by molar-refractivity contribution is 0.0703. The van der Waals surface area contributed by atoms with E-state index in [2.05, 4.69) is 5.32 Å². The van der Waals surface area contributed by atoms with Crippen molar-refractivity contribution in [2.45, 2.75) is 19.4 Å². The van der Waals surface area contributed by atoms with Crippen LogP contribution in [-0.4, -0.2) is 36.5 Å². The summed E-state index contributed by atoms with van der Waals surface area (Å²) in [5, 5.41) is 3.27. The number of amides is 1. The van der Waals surface area contributed by atoms with Crippen LogP contribution in [0, 0.1) is 0 Å². The van der Waals surface area contributed by atoms with E-state index in [1.54, 1.807) is 6.07 Å². The van der Waals surface area contributed by atoms with Crippen LogP contribution in [0.15, 0.2) is 23.0 Å². The Bertz CT molecular complexity index is 315. The van der Waals surface area contributed by atoms with Crippen molar-refractivity contribution in [3.05, 3.63) is 24.2 Å². The third kappa shape index (κ3) is 2.04. The first-order valence-electron chi connectivity index (χ1n) is 5.36. The molecule has 0 bridgehead atoms. The van der Waals surface area contributed by atoms with E-state index < -0.39 is 0 Å². The third-order valence-corrected chi connectivity index (χ3v) is 2.84. The fourth-order valence-corrected chi connectivity index (χ4v) is 2.03. The molecular weight excluding hydrogens is 192 g/mol. The van der Waals surface area contributed by atoms with Gasteiger partial charge in [0, 0.05) is 19.1 Å². The first-order chi connectivity index (χ1) is 7.33. The minimum Gasteiger partial charge on any atom is -0.472 e. The Kier molecular flexibility index (Phi) is 3.06. The molecule has 1 aromatic heterocycles. The van der Waals surface area contributed by atoms with Gasteiger partial charge in [-0.1, -0.05) is 0 Å². The van der Waals surface area contributed by atoms with Crippen LogP contribution in [0.4, 0.5) is 0 Å². The number of nitrogens with zero attached hydrogens (tertiary/aromatic N) is 1. The number of carbonyl (C=O) groups is 1. The maximum Gasteiger partial charge on any atom is 0.257 e. The number of furan rings is 1. The molecule has 1 amide bonds. The van der Waals surface area contributed by atoms with Crippen LogP contribution < -0.4 is 5.32 Å². The van der Waals surface area contributed by atoms with Gasteiger partial charge in [-0.25, -0.2) is 0 Å². The monoisotopic (exact) mass is 208 g/mol. The van der Waals surface area contributed by atoms with E-state index in [4.69, 9.17) is 4.42 Å². The molecule has 0 aliphatic carbocycles. The standard InChI is InChI=1S/C11H16N2O2/c1-2-13(10-3-5-12-7-10)11(14)9-4-6-15-8-9/h4,6,8,10,12H,2-3,5,7H2,1H3. The fourth-order valence-electron chi connectivity index (χ4n) is 2.03. The minimum absolute atomic E-state index is 0.0694. The molecule has 1 unspecified atom stereocenters. The van der Waals surface area contributed by atoms with Crippen LogP contribution in [0.1, 0.15) is 23.7 Å². The van der Waals surface area contributed by atoms with Crippen molar-refractivity contribution in [1.82, 2.24) is 10.2 Å². The van der Waals surface area contributed by atoms with Crippen LogP contribution in [0.25, 0.3) is 0 Å². The second kappa shape index (κ2) is 4.49. The molecule has 2 heterocycles. The molecule has 4 nitrogen and oxygen atoms in total. The Morgan fingerprint density at radius 2 is 2.60 bits per heavy atom. The van der Waals surface area contributed by atoms with Crippen LogP contribution in [-0.2, 0) is 0 Å². The van der Waals surface area contributed by atoms with Crippen molar-refractivity contribution in [3.63, 3.8) is 0 Å². The van der Waals surface area contributed by atoms with Gasteiger partial charge in [0.05, 0.1) is 11.8 Å². The van der Waals surface area contributed by atoms with Crippen LogP contribution in [0.2, 0.25) is 0 Å². The van der Waals surface area contributed by atoms with Crippen molar-refractivity contribution in [2.75, 3.05) is 19.6 Å². The quantitative estimate of drug-likeness (QED) is 0.809. The van der Waals surface area contributed by atoms with Crippen molar-refractivity contribution in [2.24, 2.45) is 0 Å². The smallest absolute Gasteiger partial charge is 0.257 e. The molecule has 1 fully saturated rings. The molecule has 1 N–H and O–H groups in total. The zero-order valence-electron chi connectivity index (χ0n) is 8.90. The van der Waals surface area contributed by atoms with Gasteiger partial charge in [-0.05, 0) is 26.0 Å². The molecule has 1 atom stereocenters. The lowest BCUT2D eigenvalue weighted by Crippen LogP contribution is -2.41. The summed E-state index contributed by atoms with van der Waals surface area (Å²) in [6, 6.07) is 2.05. The van der Waals surface area contributed by atoms with Gasteiger partial charge in [0.2, 0.25) is 0 Å². The van der Waals surface area contributed by atoms with Gasteiger partial charge >= 0.3 is 0 Å². The number of nitrogens with one attached hydrogen (secondary N) is 1. The van der Waals surface area contributed by atoms with E-state index in [1.165, 1.54) is 12.5 Å². The normalized spacial score (nSPS) is 20.5. The van der Waals surface area contributed by atoms with E-state index in [0.29, 0.717) is 11.6 Å². The number of hydrogen-bond acceptors (Lipinski definition) is 3. The Morgan fingerprint density at radius 3 is 3.13 bits per heavy atom. The van der Waals surface area contributed by atoms with Gasteiger partial charge in [0.1, 0.15) is 6.26 Å². The van der Waals surface area contributed by atoms with E-state index in [1.807, 2.05) is 11.8 Å². The molecule has 1 aromatic rings. The van der Waals surface area contributed by atoms with E-state index >= 15 is 0 Å². The molecular formula is C11H16N2O2. The second-order valence-corrected chi connectivity index (χ2v) is 3.75. The summed E-state index contributed by atoms with van der Waals surface area (Å²) >= 11 is 0. The lowest BCUT2D eigenvalue weighted by atomic mass is 10.2. The van der Waals surface area contributed by atoms with Crippen molar-refractivity contribution >= 4 is 5.91 Å². The number of rotatable bonds is 3. The molecule has 0 saturated carbocycles. The minimum atomic E-state index is 0.0694. The number of carbonyl (C=O) groups excluding carboxylic acids is 1. The number of likely N-dealkylation sites (N-methyl/N-ethyl adjacent to an activating group) is 1. The van der Waals surface area contributed by atoms with Crippen molar-refractivity contribution < 1.29 is 9.21 Å². The molecule has 1 aliphatic heterocycles. The van der Waals surface area contributed by atoms with Crippen LogP contribution in [0.5, 0.6) is 0 Å². The van der Waals surface area contributed by atoms with Crippen LogP contribution >= 0.6 is 0 Å². The van der Waals surface area contributed by atoms with Gasteiger partial charge in [-0.2, -0.15) is 0 Å². The molecule has 82 valence electrons. The summed E-state index contributed by atoms with van der Waals surface area (Å²) in [5.74, 6) is 0.0694. The highest BCUT2D eigenvalue weighted by Gasteiger charge is 2.26. The summed E-state index contributed by atoms with van der Waals surface area (Å²) in [7, 11) is 0. The highest BCUT2D eigenvalue weighted by Crippen LogP contribution is 2.13. The molecule has 1 saturated heterocycles. The summed E-state index contributed by atoms with van der Waals surface area (Å²) in [6.45, 7) is 4.66. The molecule has 2 rings (SSSR count). The van der Waals surface area contributed by atoms with Gasteiger partial charge in [0.15, 0.2) is 0 Å². The average molecular weight is 208 g/mol. The maximum absolute atomic E-state index is 12.1. The molecule has 15 heavy (non-hydrogen) atoms. The van der Waals surface area contributed by atoms with Crippen LogP contribution in [0.3, 0.4) is 0 Å². The highest BCUT2D eigenvalue weighted by atomic mass is 16.3.